The second-order valence-electron chi connectivity index (χ2n) is 8.53. The molecule has 4 heterocycles. The number of tetrazole rings is 1. The van der Waals surface area contributed by atoms with Crippen LogP contribution in [0, 0.1) is 0 Å². The van der Waals surface area contributed by atoms with Gasteiger partial charge in [0.1, 0.15) is 22.9 Å². The number of carboxylic acids is 1. The third-order valence-electron chi connectivity index (χ3n) is 5.84. The van der Waals surface area contributed by atoms with Gasteiger partial charge in [-0.1, -0.05) is 35.1 Å². The first-order valence-corrected chi connectivity index (χ1v) is 14.1. The number of β-lactam (4-membered cyclic amide) rings is 1. The van der Waals surface area contributed by atoms with Crippen molar-refractivity contribution in [3.63, 3.8) is 0 Å². The lowest BCUT2D eigenvalue weighted by Crippen LogP contribution is -2.71. The van der Waals surface area contributed by atoms with E-state index in [-0.39, 0.29) is 28.8 Å². The molecule has 1 saturated heterocycles. The van der Waals surface area contributed by atoms with Crippen molar-refractivity contribution in [3.05, 3.63) is 59.7 Å². The van der Waals surface area contributed by atoms with E-state index >= 15 is 0 Å². The first-order valence-electron chi connectivity index (χ1n) is 12.1. The number of benzene rings is 1. The van der Waals surface area contributed by atoms with Gasteiger partial charge in [0.15, 0.2) is 11.6 Å². The van der Waals surface area contributed by atoms with Crippen LogP contribution in [-0.4, -0.2) is 93.1 Å². The number of anilines is 1. The summed E-state index contributed by atoms with van der Waals surface area (Å²) in [5, 5.41) is 27.8. The van der Waals surface area contributed by atoms with Gasteiger partial charge in [-0.3, -0.25) is 14.5 Å². The molecule has 0 saturated carbocycles. The minimum Gasteiger partial charge on any atom is -0.477 e. The van der Waals surface area contributed by atoms with E-state index in [2.05, 4.69) is 36.0 Å². The molecule has 0 aliphatic carbocycles. The van der Waals surface area contributed by atoms with Crippen LogP contribution >= 0.6 is 23.5 Å². The summed E-state index contributed by atoms with van der Waals surface area (Å²) in [4.78, 5) is 53.4. The third kappa shape index (κ3) is 5.98. The smallest absolute Gasteiger partial charge is 0.352 e. The molecule has 6 N–H and O–H groups in total. The number of thioether (sulfide) groups is 2. The number of amides is 2. The number of rotatable bonds is 11. The van der Waals surface area contributed by atoms with Crippen LogP contribution in [0.15, 0.2) is 64.2 Å². The predicted molar refractivity (Wildman–Crippen MR) is 147 cm³/mol. The summed E-state index contributed by atoms with van der Waals surface area (Å²) < 4.78 is 1.52. The van der Waals surface area contributed by atoms with E-state index in [1.807, 2.05) is 0 Å². The topological polar surface area (TPSA) is 230 Å². The normalized spacial score (nSPS) is 18.5. The highest BCUT2D eigenvalue weighted by atomic mass is 32.2. The van der Waals surface area contributed by atoms with Crippen molar-refractivity contribution in [2.45, 2.75) is 23.1 Å². The monoisotopic (exact) mass is 597 g/mol. The van der Waals surface area contributed by atoms with Gasteiger partial charge in [-0.25, -0.2) is 19.4 Å². The maximum atomic E-state index is 13.3. The Kier molecular flexibility index (Phi) is 8.41. The van der Waals surface area contributed by atoms with Crippen LogP contribution in [0.1, 0.15) is 5.82 Å². The fourth-order valence-corrected chi connectivity index (χ4v) is 6.36. The molecule has 2 amide bonds. The molecule has 212 valence electrons. The summed E-state index contributed by atoms with van der Waals surface area (Å²) in [7, 11) is 0. The molecule has 1 unspecified atom stereocenters. The molecule has 1 aromatic carbocycles. The van der Waals surface area contributed by atoms with Crippen LogP contribution in [0.3, 0.4) is 0 Å². The summed E-state index contributed by atoms with van der Waals surface area (Å²) in [6.07, 6.45) is 1.36. The van der Waals surface area contributed by atoms with Gasteiger partial charge < -0.3 is 26.7 Å². The highest BCUT2D eigenvalue weighted by Crippen LogP contribution is 2.41. The first kappa shape index (κ1) is 28.0. The summed E-state index contributed by atoms with van der Waals surface area (Å²) in [5.41, 5.74) is 11.4. The number of nitrogens with zero attached hydrogens (tertiary/aromatic N) is 8. The van der Waals surface area contributed by atoms with E-state index in [4.69, 9.17) is 16.3 Å². The van der Waals surface area contributed by atoms with Crippen molar-refractivity contribution in [2.24, 2.45) is 10.9 Å². The third-order valence-corrected chi connectivity index (χ3v) is 8.22. The maximum absolute atomic E-state index is 13.3. The molecular weight excluding hydrogens is 574 g/mol. The molecule has 0 bridgehead atoms. The molecule has 3 aromatic rings. The Labute approximate surface area is 240 Å². The predicted octanol–water partition coefficient (Wildman–Crippen LogP) is -0.682. The second-order valence-corrected chi connectivity index (χ2v) is 10.6. The molecule has 0 spiro atoms. The van der Waals surface area contributed by atoms with Crippen molar-refractivity contribution in [2.75, 3.05) is 23.8 Å². The van der Waals surface area contributed by atoms with E-state index in [1.54, 1.807) is 30.3 Å². The van der Waals surface area contributed by atoms with Gasteiger partial charge in [0.2, 0.25) is 10.9 Å². The molecule has 5 rings (SSSR count). The standard InChI is InChI=1S/C23H23N11O5S2/c24-7-9-33-23(29-31-32-33)41-11-12-10-40-21-16(20(36)34(21)17(12)22(37)38)28-19(35)15(18-26-8-6-14(25)27-18)30-39-13-4-2-1-3-5-13/h1-6,8,16,21H,7,9-11,24H2,(H,28,35)(H,37,38)(H2,25,26,27)/t16?,21-/m0/s1. The van der Waals surface area contributed by atoms with Crippen molar-refractivity contribution in [1.29, 1.82) is 0 Å². The van der Waals surface area contributed by atoms with Crippen LogP contribution in [0.4, 0.5) is 5.82 Å². The van der Waals surface area contributed by atoms with E-state index in [0.29, 0.717) is 35.3 Å². The highest BCUT2D eigenvalue weighted by Gasteiger charge is 2.54. The zero-order valence-electron chi connectivity index (χ0n) is 21.2. The first-order chi connectivity index (χ1) is 19.9. The molecule has 2 aliphatic heterocycles. The number of carbonyl (C=O) groups is 3. The van der Waals surface area contributed by atoms with Gasteiger partial charge in [-0.05, 0) is 34.2 Å². The number of carboxylic acid groups (broad SMARTS) is 1. The number of nitrogens with two attached hydrogens (primary N) is 2. The molecule has 2 aromatic heterocycles. The second kappa shape index (κ2) is 12.3. The van der Waals surface area contributed by atoms with Gasteiger partial charge in [0.25, 0.3) is 11.8 Å². The van der Waals surface area contributed by atoms with Crippen LogP contribution < -0.4 is 21.6 Å². The minimum absolute atomic E-state index is 0.0997. The lowest BCUT2D eigenvalue weighted by atomic mass is 10.0. The zero-order chi connectivity index (χ0) is 28.9. The Morgan fingerprint density at radius 3 is 2.80 bits per heavy atom. The quantitative estimate of drug-likeness (QED) is 0.0929. The van der Waals surface area contributed by atoms with E-state index in [1.165, 1.54) is 45.4 Å². The Morgan fingerprint density at radius 1 is 1.27 bits per heavy atom. The lowest BCUT2D eigenvalue weighted by Gasteiger charge is -2.49. The molecule has 1 fully saturated rings. The summed E-state index contributed by atoms with van der Waals surface area (Å²) >= 11 is 2.57. The lowest BCUT2D eigenvalue weighted by molar-refractivity contribution is -0.150. The van der Waals surface area contributed by atoms with Gasteiger partial charge >= 0.3 is 5.97 Å². The number of aliphatic carboxylic acids is 1. The van der Waals surface area contributed by atoms with Crippen molar-refractivity contribution in [3.8, 4) is 5.75 Å². The number of hydrogen-bond donors (Lipinski definition) is 4. The Balaban J connectivity index is 1.33. The molecule has 41 heavy (non-hydrogen) atoms. The van der Waals surface area contributed by atoms with Gasteiger partial charge in [-0.2, -0.15) is 0 Å². The van der Waals surface area contributed by atoms with Crippen molar-refractivity contribution >= 4 is 52.8 Å². The van der Waals surface area contributed by atoms with Crippen molar-refractivity contribution < 1.29 is 24.3 Å². The zero-order valence-corrected chi connectivity index (χ0v) is 22.8. The molecule has 2 atom stereocenters. The van der Waals surface area contributed by atoms with Crippen LogP contribution in [0.5, 0.6) is 5.75 Å². The number of hydrogen-bond acceptors (Lipinski definition) is 14. The molecule has 0 radical (unpaired) electrons. The number of aromatic nitrogens is 6. The highest BCUT2D eigenvalue weighted by molar-refractivity contribution is 8.01. The summed E-state index contributed by atoms with van der Waals surface area (Å²) in [5.74, 6) is -1.73. The number of para-hydroxylation sites is 1. The van der Waals surface area contributed by atoms with E-state index in [9.17, 15) is 19.5 Å². The van der Waals surface area contributed by atoms with Crippen LogP contribution in [0.25, 0.3) is 0 Å². The number of carbonyl (C=O) groups excluding carboxylic acids is 2. The number of nitrogen functional groups attached to an aromatic ring is 1. The molecule has 2 aliphatic rings. The summed E-state index contributed by atoms with van der Waals surface area (Å²) in [6.45, 7) is 0.744. The number of fused-ring (bicyclic) bond motifs is 1. The number of oxime groups is 1. The Bertz CT molecular complexity index is 1530. The molecule has 18 heteroatoms. The fourth-order valence-electron chi connectivity index (χ4n) is 3.97. The minimum atomic E-state index is -1.25. The van der Waals surface area contributed by atoms with Gasteiger partial charge in [-0.15, -0.1) is 16.9 Å². The maximum Gasteiger partial charge on any atom is 0.352 e. The largest absolute Gasteiger partial charge is 0.477 e. The van der Waals surface area contributed by atoms with Crippen LogP contribution in [0.2, 0.25) is 0 Å². The summed E-state index contributed by atoms with van der Waals surface area (Å²) in [6, 6.07) is 8.94. The van der Waals surface area contributed by atoms with Crippen LogP contribution in [-0.2, 0) is 20.9 Å². The Hall–Kier alpha value is -4.55. The SMILES string of the molecule is NCCn1nnnc1SCC1=C(C(=O)O)N2C(=O)C(NC(=O)C(=NOc3ccccc3)c3nccc(N)n3)[C@@H]2SC1. The molecule has 16 nitrogen and oxygen atoms in total. The van der Waals surface area contributed by atoms with Crippen molar-refractivity contribution in [1.82, 2.24) is 40.4 Å². The van der Waals surface area contributed by atoms with E-state index < -0.39 is 29.2 Å². The number of nitrogens with one attached hydrogen (secondary N) is 1. The Morgan fingerprint density at radius 2 is 2.07 bits per heavy atom. The molecular formula is C23H23N11O5S2. The average Bonchev–Trinajstić information content (AvgIpc) is 3.42. The fraction of sp³-hybridized carbons (Fsp3) is 0.261. The van der Waals surface area contributed by atoms with Gasteiger partial charge in [0.05, 0.1) is 6.54 Å². The van der Waals surface area contributed by atoms with Gasteiger partial charge in [0, 0.05) is 24.2 Å². The van der Waals surface area contributed by atoms with E-state index in [0.717, 1.165) is 0 Å². The average molecular weight is 598 g/mol.